The van der Waals surface area contributed by atoms with Gasteiger partial charge in [0.1, 0.15) is 0 Å². The summed E-state index contributed by atoms with van der Waals surface area (Å²) in [5, 5.41) is 11.5. The van der Waals surface area contributed by atoms with Gasteiger partial charge in [0.15, 0.2) is 5.78 Å². The van der Waals surface area contributed by atoms with E-state index in [2.05, 4.69) is 5.32 Å². The first-order valence-corrected chi connectivity index (χ1v) is 6.50. The number of ketones is 1. The maximum absolute atomic E-state index is 11.8. The lowest BCUT2D eigenvalue weighted by atomic mass is 10.0. The first-order valence-electron chi connectivity index (χ1n) is 6.50. The topological polar surface area (TPSA) is 66.4 Å². The molecule has 0 aliphatic carbocycles. The average Bonchev–Trinajstić information content (AvgIpc) is 2.42. The van der Waals surface area contributed by atoms with Crippen LogP contribution in [0.2, 0.25) is 0 Å². The standard InChI is InChI=1S/C15H21NO3/c1-11-3-5-13(6-4-11)14(18)7-8-15(19)16-9-12(2)10-17/h3-6,12,17H,7-10H2,1-2H3,(H,16,19). The van der Waals surface area contributed by atoms with Crippen LogP contribution in [0.4, 0.5) is 0 Å². The van der Waals surface area contributed by atoms with Gasteiger partial charge in [0.2, 0.25) is 5.91 Å². The first-order chi connectivity index (χ1) is 9.02. The molecule has 0 bridgehead atoms. The fraction of sp³-hybridized carbons (Fsp3) is 0.467. The average molecular weight is 263 g/mol. The van der Waals surface area contributed by atoms with Gasteiger partial charge in [-0.3, -0.25) is 9.59 Å². The summed E-state index contributed by atoms with van der Waals surface area (Å²) < 4.78 is 0. The Labute approximate surface area is 113 Å². The lowest BCUT2D eigenvalue weighted by Crippen LogP contribution is -2.29. The number of carbonyl (C=O) groups excluding carboxylic acids is 2. The van der Waals surface area contributed by atoms with E-state index in [1.165, 1.54) is 0 Å². The third-order valence-electron chi connectivity index (χ3n) is 2.91. The van der Waals surface area contributed by atoms with E-state index in [1.54, 1.807) is 12.1 Å². The molecule has 1 aromatic rings. The van der Waals surface area contributed by atoms with Crippen molar-refractivity contribution in [3.05, 3.63) is 35.4 Å². The molecule has 2 N–H and O–H groups in total. The molecule has 1 aromatic carbocycles. The van der Waals surface area contributed by atoms with Gasteiger partial charge in [-0.2, -0.15) is 0 Å². The van der Waals surface area contributed by atoms with E-state index in [9.17, 15) is 9.59 Å². The number of benzene rings is 1. The Balaban J connectivity index is 2.34. The molecule has 0 spiro atoms. The monoisotopic (exact) mass is 263 g/mol. The Morgan fingerprint density at radius 2 is 1.84 bits per heavy atom. The predicted molar refractivity (Wildman–Crippen MR) is 74.0 cm³/mol. The summed E-state index contributed by atoms with van der Waals surface area (Å²) in [6, 6.07) is 7.33. The van der Waals surface area contributed by atoms with Crippen molar-refractivity contribution >= 4 is 11.7 Å². The van der Waals surface area contributed by atoms with Crippen LogP contribution in [-0.4, -0.2) is 29.9 Å². The number of aryl methyl sites for hydroxylation is 1. The van der Waals surface area contributed by atoms with Gasteiger partial charge < -0.3 is 10.4 Å². The molecule has 0 saturated carbocycles. The molecule has 0 radical (unpaired) electrons. The highest BCUT2D eigenvalue weighted by atomic mass is 16.3. The lowest BCUT2D eigenvalue weighted by Gasteiger charge is -2.09. The Morgan fingerprint density at radius 1 is 1.21 bits per heavy atom. The first kappa shape index (κ1) is 15.4. The normalized spacial score (nSPS) is 11.9. The molecule has 4 nitrogen and oxygen atoms in total. The van der Waals surface area contributed by atoms with Crippen molar-refractivity contribution < 1.29 is 14.7 Å². The number of hydrogen-bond donors (Lipinski definition) is 2. The highest BCUT2D eigenvalue weighted by Crippen LogP contribution is 2.07. The van der Waals surface area contributed by atoms with Crippen LogP contribution in [-0.2, 0) is 4.79 Å². The van der Waals surface area contributed by atoms with Gasteiger partial charge in [0, 0.05) is 31.6 Å². The highest BCUT2D eigenvalue weighted by molar-refractivity contribution is 5.97. The van der Waals surface area contributed by atoms with Gasteiger partial charge in [-0.1, -0.05) is 36.8 Å². The van der Waals surface area contributed by atoms with Crippen molar-refractivity contribution in [3.8, 4) is 0 Å². The molecule has 0 saturated heterocycles. The highest BCUT2D eigenvalue weighted by Gasteiger charge is 2.09. The summed E-state index contributed by atoms with van der Waals surface area (Å²) in [6.45, 7) is 4.29. The second kappa shape index (κ2) is 7.69. The molecule has 0 aromatic heterocycles. The number of Topliss-reactive ketones (excluding diaryl/α,β-unsaturated/α-hetero) is 1. The minimum Gasteiger partial charge on any atom is -0.396 e. The van der Waals surface area contributed by atoms with E-state index in [4.69, 9.17) is 5.11 Å². The van der Waals surface area contributed by atoms with E-state index in [1.807, 2.05) is 26.0 Å². The summed E-state index contributed by atoms with van der Waals surface area (Å²) in [7, 11) is 0. The zero-order valence-corrected chi connectivity index (χ0v) is 11.5. The quantitative estimate of drug-likeness (QED) is 0.736. The summed E-state index contributed by atoms with van der Waals surface area (Å²) in [4.78, 5) is 23.3. The second-order valence-corrected chi connectivity index (χ2v) is 4.88. The zero-order chi connectivity index (χ0) is 14.3. The van der Waals surface area contributed by atoms with Crippen molar-refractivity contribution in [2.75, 3.05) is 13.2 Å². The molecule has 0 heterocycles. The van der Waals surface area contributed by atoms with Crippen LogP contribution in [0.25, 0.3) is 0 Å². The van der Waals surface area contributed by atoms with E-state index in [0.29, 0.717) is 12.1 Å². The smallest absolute Gasteiger partial charge is 0.220 e. The number of hydrogen-bond acceptors (Lipinski definition) is 3. The summed E-state index contributed by atoms with van der Waals surface area (Å²) in [5.74, 6) is -0.136. The van der Waals surface area contributed by atoms with Crippen LogP contribution < -0.4 is 5.32 Å². The number of nitrogens with one attached hydrogen (secondary N) is 1. The van der Waals surface area contributed by atoms with E-state index >= 15 is 0 Å². The van der Waals surface area contributed by atoms with Gasteiger partial charge in [0.25, 0.3) is 0 Å². The van der Waals surface area contributed by atoms with Gasteiger partial charge in [-0.05, 0) is 12.8 Å². The molecule has 104 valence electrons. The molecule has 0 aliphatic heterocycles. The summed E-state index contributed by atoms with van der Waals surface area (Å²) >= 11 is 0. The Morgan fingerprint density at radius 3 is 2.42 bits per heavy atom. The van der Waals surface area contributed by atoms with E-state index in [-0.39, 0.29) is 37.1 Å². The Bertz CT molecular complexity index is 426. The maximum Gasteiger partial charge on any atom is 0.220 e. The van der Waals surface area contributed by atoms with Gasteiger partial charge in [-0.25, -0.2) is 0 Å². The number of rotatable bonds is 7. The molecule has 19 heavy (non-hydrogen) atoms. The predicted octanol–water partition coefficient (Wildman–Crippen LogP) is 1.70. The van der Waals surface area contributed by atoms with Crippen LogP contribution in [0.1, 0.15) is 35.7 Å². The van der Waals surface area contributed by atoms with Crippen molar-refractivity contribution in [2.45, 2.75) is 26.7 Å². The van der Waals surface area contributed by atoms with Gasteiger partial charge in [-0.15, -0.1) is 0 Å². The number of aliphatic hydroxyl groups excluding tert-OH is 1. The fourth-order valence-corrected chi connectivity index (χ4v) is 1.55. The number of amides is 1. The summed E-state index contributed by atoms with van der Waals surface area (Å²) in [5.41, 5.74) is 1.74. The molecule has 4 heteroatoms. The minimum atomic E-state index is -0.152. The molecular formula is C15H21NO3. The summed E-state index contributed by atoms with van der Waals surface area (Å²) in [6.07, 6.45) is 0.396. The Kier molecular flexibility index (Phi) is 6.22. The largest absolute Gasteiger partial charge is 0.396 e. The van der Waals surface area contributed by atoms with E-state index in [0.717, 1.165) is 5.56 Å². The van der Waals surface area contributed by atoms with Crippen LogP contribution in [0.15, 0.2) is 24.3 Å². The van der Waals surface area contributed by atoms with Crippen molar-refractivity contribution in [3.63, 3.8) is 0 Å². The number of aliphatic hydroxyl groups is 1. The fourth-order valence-electron chi connectivity index (χ4n) is 1.55. The third kappa shape index (κ3) is 5.66. The molecule has 1 atom stereocenters. The lowest BCUT2D eigenvalue weighted by molar-refractivity contribution is -0.121. The van der Waals surface area contributed by atoms with Crippen molar-refractivity contribution in [1.29, 1.82) is 0 Å². The zero-order valence-electron chi connectivity index (χ0n) is 11.5. The molecule has 0 aliphatic rings. The van der Waals surface area contributed by atoms with Crippen LogP contribution in [0, 0.1) is 12.8 Å². The van der Waals surface area contributed by atoms with Crippen molar-refractivity contribution in [2.24, 2.45) is 5.92 Å². The second-order valence-electron chi connectivity index (χ2n) is 4.88. The minimum absolute atomic E-state index is 0.0228. The third-order valence-corrected chi connectivity index (χ3v) is 2.91. The van der Waals surface area contributed by atoms with Gasteiger partial charge >= 0.3 is 0 Å². The molecule has 1 rings (SSSR count). The number of carbonyl (C=O) groups is 2. The van der Waals surface area contributed by atoms with E-state index < -0.39 is 0 Å². The Hall–Kier alpha value is -1.68. The molecule has 1 unspecified atom stereocenters. The van der Waals surface area contributed by atoms with Crippen molar-refractivity contribution in [1.82, 2.24) is 5.32 Å². The van der Waals surface area contributed by atoms with Crippen LogP contribution >= 0.6 is 0 Å². The molecule has 0 fully saturated rings. The van der Waals surface area contributed by atoms with Gasteiger partial charge in [0.05, 0.1) is 0 Å². The molecule has 1 amide bonds. The SMILES string of the molecule is Cc1ccc(C(=O)CCC(=O)NCC(C)CO)cc1. The van der Waals surface area contributed by atoms with Crippen LogP contribution in [0.3, 0.4) is 0 Å². The van der Waals surface area contributed by atoms with Crippen LogP contribution in [0.5, 0.6) is 0 Å². The molecular weight excluding hydrogens is 242 g/mol. The maximum atomic E-state index is 11.8.